The predicted octanol–water partition coefficient (Wildman–Crippen LogP) is 6.93. The molecule has 0 bridgehead atoms. The Kier molecular flexibility index (Phi) is 6.77. The van der Waals surface area contributed by atoms with Gasteiger partial charge < -0.3 is 10.0 Å². The molecule has 1 unspecified atom stereocenters. The minimum atomic E-state index is -0.764. The van der Waals surface area contributed by atoms with E-state index in [1.54, 1.807) is 11.0 Å². The molecule has 5 nitrogen and oxygen atoms in total. The van der Waals surface area contributed by atoms with Crippen LogP contribution >= 0.6 is 0 Å². The smallest absolute Gasteiger partial charge is 0.300 e. The lowest BCUT2D eigenvalue weighted by molar-refractivity contribution is -0.132. The van der Waals surface area contributed by atoms with Crippen LogP contribution in [0.4, 0.5) is 11.4 Å². The molecule has 1 atom stereocenters. The number of hydrogen-bond acceptors (Lipinski definition) is 4. The summed E-state index contributed by atoms with van der Waals surface area (Å²) in [6.45, 7) is 9.90. The summed E-state index contributed by atoms with van der Waals surface area (Å²) in [4.78, 5) is 31.1. The molecular weight excluding hydrogens is 472 g/mol. The summed E-state index contributed by atoms with van der Waals surface area (Å²) in [7, 11) is 0. The third-order valence-electron chi connectivity index (χ3n) is 7.66. The fourth-order valence-corrected chi connectivity index (χ4v) is 5.43. The average Bonchev–Trinajstić information content (AvgIpc) is 3.20. The first kappa shape index (κ1) is 25.3. The topological polar surface area (TPSA) is 60.9 Å². The van der Waals surface area contributed by atoms with Crippen molar-refractivity contribution in [2.75, 3.05) is 22.9 Å². The van der Waals surface area contributed by atoms with Crippen molar-refractivity contribution in [2.45, 2.75) is 33.7 Å². The molecule has 1 fully saturated rings. The molecule has 1 N–H and O–H groups in total. The SMILES string of the molecule is CCN(CC)c1ccc(C2/C(=C(/O)c3cccc4ccccc34)C(=O)C(=O)N2c2cccc(C)c2C)cc1. The molecule has 38 heavy (non-hydrogen) atoms. The number of carbonyl (C=O) groups is 2. The van der Waals surface area contributed by atoms with E-state index < -0.39 is 17.7 Å². The minimum absolute atomic E-state index is 0.0999. The van der Waals surface area contributed by atoms with Crippen molar-refractivity contribution < 1.29 is 14.7 Å². The van der Waals surface area contributed by atoms with E-state index in [9.17, 15) is 14.7 Å². The zero-order valence-electron chi connectivity index (χ0n) is 22.2. The first-order chi connectivity index (χ1) is 18.4. The average molecular weight is 505 g/mol. The monoisotopic (exact) mass is 504 g/mol. The number of rotatable bonds is 6. The first-order valence-corrected chi connectivity index (χ1v) is 13.1. The predicted molar refractivity (Wildman–Crippen MR) is 155 cm³/mol. The van der Waals surface area contributed by atoms with E-state index in [4.69, 9.17) is 0 Å². The lowest BCUT2D eigenvalue weighted by Gasteiger charge is -2.28. The lowest BCUT2D eigenvalue weighted by Crippen LogP contribution is -2.30. The highest BCUT2D eigenvalue weighted by Crippen LogP contribution is 2.44. The van der Waals surface area contributed by atoms with Crippen molar-refractivity contribution in [3.8, 4) is 0 Å². The Bertz CT molecular complexity index is 1560. The van der Waals surface area contributed by atoms with Crippen molar-refractivity contribution in [1.82, 2.24) is 0 Å². The summed E-state index contributed by atoms with van der Waals surface area (Å²) in [5, 5.41) is 13.5. The van der Waals surface area contributed by atoms with Crippen molar-refractivity contribution in [1.29, 1.82) is 0 Å². The van der Waals surface area contributed by atoms with Gasteiger partial charge in [-0.05, 0) is 73.4 Å². The third kappa shape index (κ3) is 4.14. The quantitative estimate of drug-likeness (QED) is 0.176. The zero-order valence-corrected chi connectivity index (χ0v) is 22.2. The number of aryl methyl sites for hydroxylation is 1. The number of ketones is 1. The molecule has 192 valence electrons. The Morgan fingerprint density at radius 2 is 1.50 bits per heavy atom. The molecule has 1 amide bonds. The number of Topliss-reactive ketones (excluding diaryl/α,β-unsaturated/α-hetero) is 1. The second-order valence-corrected chi connectivity index (χ2v) is 9.68. The number of amides is 1. The molecule has 5 rings (SSSR count). The van der Waals surface area contributed by atoms with Crippen molar-refractivity contribution in [3.63, 3.8) is 0 Å². The summed E-state index contributed by atoms with van der Waals surface area (Å²) in [5.41, 5.74) is 5.08. The fraction of sp³-hybridized carbons (Fsp3) is 0.212. The van der Waals surface area contributed by atoms with E-state index in [1.807, 2.05) is 92.7 Å². The Hall–Kier alpha value is -4.38. The van der Waals surface area contributed by atoms with Crippen LogP contribution in [0.15, 0.2) is 90.5 Å². The van der Waals surface area contributed by atoms with Gasteiger partial charge in [0, 0.05) is 30.0 Å². The van der Waals surface area contributed by atoms with E-state index in [2.05, 4.69) is 18.7 Å². The third-order valence-corrected chi connectivity index (χ3v) is 7.66. The second-order valence-electron chi connectivity index (χ2n) is 9.68. The highest BCUT2D eigenvalue weighted by atomic mass is 16.3. The normalized spacial score (nSPS) is 16.8. The Balaban J connectivity index is 1.75. The number of carbonyl (C=O) groups excluding carboxylic acids is 2. The van der Waals surface area contributed by atoms with Crippen LogP contribution in [0.25, 0.3) is 16.5 Å². The highest BCUT2D eigenvalue weighted by Gasteiger charge is 2.47. The van der Waals surface area contributed by atoms with Crippen molar-refractivity contribution >= 4 is 39.6 Å². The molecule has 1 saturated heterocycles. The lowest BCUT2D eigenvalue weighted by atomic mass is 9.93. The van der Waals surface area contributed by atoms with Crippen molar-refractivity contribution in [3.05, 3.63) is 113 Å². The molecule has 0 aliphatic carbocycles. The van der Waals surface area contributed by atoms with Gasteiger partial charge in [-0.25, -0.2) is 0 Å². The first-order valence-electron chi connectivity index (χ1n) is 13.1. The molecule has 0 radical (unpaired) electrons. The molecule has 5 heteroatoms. The summed E-state index contributed by atoms with van der Waals surface area (Å²) >= 11 is 0. The maximum Gasteiger partial charge on any atom is 0.300 e. The van der Waals surface area contributed by atoms with Gasteiger partial charge in [-0.15, -0.1) is 0 Å². The van der Waals surface area contributed by atoms with Gasteiger partial charge in [0.05, 0.1) is 11.6 Å². The van der Waals surface area contributed by atoms with Crippen molar-refractivity contribution in [2.24, 2.45) is 0 Å². The summed E-state index contributed by atoms with van der Waals surface area (Å²) in [5.74, 6) is -1.49. The molecule has 1 aliphatic heterocycles. The number of aliphatic hydroxyl groups is 1. The van der Waals surface area contributed by atoms with Crippen LogP contribution < -0.4 is 9.80 Å². The fourth-order valence-electron chi connectivity index (χ4n) is 5.43. The Morgan fingerprint density at radius 1 is 0.842 bits per heavy atom. The van der Waals surface area contributed by atoms with Gasteiger partial charge in [0.2, 0.25) is 0 Å². The number of hydrogen-bond donors (Lipinski definition) is 1. The summed E-state index contributed by atoms with van der Waals surface area (Å²) in [6.07, 6.45) is 0. The Morgan fingerprint density at radius 3 is 2.21 bits per heavy atom. The van der Waals surface area contributed by atoms with Crippen LogP contribution in [0, 0.1) is 13.8 Å². The van der Waals surface area contributed by atoms with Gasteiger partial charge in [0.25, 0.3) is 11.7 Å². The van der Waals surface area contributed by atoms with Crippen LogP contribution in [-0.4, -0.2) is 29.9 Å². The summed E-state index contributed by atoms with van der Waals surface area (Å²) < 4.78 is 0. The van der Waals surface area contributed by atoms with E-state index >= 15 is 0 Å². The van der Waals surface area contributed by atoms with Gasteiger partial charge in [-0.3, -0.25) is 14.5 Å². The molecular formula is C33H32N2O3. The molecule has 4 aromatic carbocycles. The number of fused-ring (bicyclic) bond motifs is 1. The molecule has 0 spiro atoms. The molecule has 0 aromatic heterocycles. The maximum absolute atomic E-state index is 13.7. The molecule has 4 aromatic rings. The maximum atomic E-state index is 13.7. The standard InChI is InChI=1S/C33H32N2O3/c1-5-34(6-2)25-19-17-24(18-20-25)30-29(31(36)27-15-10-13-23-12-7-8-14-26(23)27)32(37)33(38)35(30)28-16-9-11-21(3)22(28)4/h7-20,30,36H,5-6H2,1-4H3/b31-29-. The zero-order chi connectivity index (χ0) is 27.0. The Labute approximate surface area is 223 Å². The number of nitrogens with zero attached hydrogens (tertiary/aromatic N) is 2. The van der Waals surface area contributed by atoms with Crippen LogP contribution in [0.1, 0.15) is 42.1 Å². The van der Waals surface area contributed by atoms with Gasteiger partial charge in [0.1, 0.15) is 5.76 Å². The van der Waals surface area contributed by atoms with Gasteiger partial charge in [-0.1, -0.05) is 66.7 Å². The second kappa shape index (κ2) is 10.2. The summed E-state index contributed by atoms with van der Waals surface area (Å²) in [6, 6.07) is 26.2. The van der Waals surface area contributed by atoms with Crippen LogP contribution in [0.5, 0.6) is 0 Å². The van der Waals surface area contributed by atoms with Gasteiger partial charge in [0.15, 0.2) is 0 Å². The van der Waals surface area contributed by atoms with Gasteiger partial charge >= 0.3 is 0 Å². The number of benzene rings is 4. The molecule has 0 saturated carbocycles. The van der Waals surface area contributed by atoms with Gasteiger partial charge in [-0.2, -0.15) is 0 Å². The van der Waals surface area contributed by atoms with Crippen LogP contribution in [0.3, 0.4) is 0 Å². The minimum Gasteiger partial charge on any atom is -0.507 e. The van der Waals surface area contributed by atoms with Crippen LogP contribution in [-0.2, 0) is 9.59 Å². The largest absolute Gasteiger partial charge is 0.507 e. The number of anilines is 2. The van der Waals surface area contributed by atoms with E-state index in [0.717, 1.165) is 46.2 Å². The highest BCUT2D eigenvalue weighted by molar-refractivity contribution is 6.52. The van der Waals surface area contributed by atoms with E-state index in [-0.39, 0.29) is 11.3 Å². The van der Waals surface area contributed by atoms with E-state index in [0.29, 0.717) is 11.3 Å². The molecule has 1 aliphatic rings. The van der Waals surface area contributed by atoms with E-state index in [1.165, 1.54) is 0 Å². The molecule has 1 heterocycles. The number of aliphatic hydroxyl groups excluding tert-OH is 1. The van der Waals surface area contributed by atoms with Crippen LogP contribution in [0.2, 0.25) is 0 Å².